The fraction of sp³-hybridized carbons (Fsp3) is 0.600. The summed E-state index contributed by atoms with van der Waals surface area (Å²) in [6.45, 7) is 4.43. The van der Waals surface area contributed by atoms with Crippen LogP contribution in [0.5, 0.6) is 0 Å². The molecule has 0 saturated carbocycles. The lowest BCUT2D eigenvalue weighted by Gasteiger charge is -2.22. The molecular formula is C15H20O5. The van der Waals surface area contributed by atoms with Crippen LogP contribution in [0.4, 0.5) is 0 Å². The summed E-state index contributed by atoms with van der Waals surface area (Å²) in [5.41, 5.74) is 1.09. The molecule has 2 heterocycles. The minimum absolute atomic E-state index is 0.316. The maximum Gasteiger partial charge on any atom is 0.190 e. The average Bonchev–Trinajstić information content (AvgIpc) is 2.86. The van der Waals surface area contributed by atoms with Crippen molar-refractivity contribution in [2.75, 3.05) is 6.61 Å². The zero-order valence-corrected chi connectivity index (χ0v) is 11.7. The molecule has 2 fully saturated rings. The summed E-state index contributed by atoms with van der Waals surface area (Å²) in [5.74, 6) is -0.702. The van der Waals surface area contributed by atoms with Gasteiger partial charge in [-0.2, -0.15) is 0 Å². The molecule has 2 aliphatic rings. The van der Waals surface area contributed by atoms with Crippen molar-refractivity contribution in [1.29, 1.82) is 0 Å². The van der Waals surface area contributed by atoms with Gasteiger partial charge in [-0.05, 0) is 19.4 Å². The molecule has 3 rings (SSSR count). The van der Waals surface area contributed by atoms with E-state index in [2.05, 4.69) is 0 Å². The minimum Gasteiger partial charge on any atom is -0.387 e. The molecule has 1 aromatic rings. The molecule has 5 heteroatoms. The maximum absolute atomic E-state index is 10.2. The first-order chi connectivity index (χ1) is 9.55. The Labute approximate surface area is 118 Å². The van der Waals surface area contributed by atoms with Crippen molar-refractivity contribution in [3.05, 3.63) is 35.9 Å². The zero-order valence-electron chi connectivity index (χ0n) is 11.7. The van der Waals surface area contributed by atoms with Gasteiger partial charge in [0.05, 0.1) is 13.2 Å². The summed E-state index contributed by atoms with van der Waals surface area (Å²) in [7, 11) is 0. The van der Waals surface area contributed by atoms with E-state index in [-0.39, 0.29) is 0 Å². The quantitative estimate of drug-likeness (QED) is 0.904. The standard InChI is InChI=1S/C15H20O5/c1-15(2)19-13-12(16)11(18-14(13)20-15)9-17-8-10-6-4-3-5-7-10/h3-7,11-14,16H,8-9H2,1-2H3/t11-,12-,13?,14-/m1/s1. The fourth-order valence-electron chi connectivity index (χ4n) is 2.56. The SMILES string of the molecule is CC1(C)OC2[C@H](O[C@H](COCc3ccccc3)[C@H]2O)O1. The van der Waals surface area contributed by atoms with Gasteiger partial charge in [0.1, 0.15) is 18.3 Å². The molecule has 110 valence electrons. The van der Waals surface area contributed by atoms with E-state index in [1.165, 1.54) is 0 Å². The van der Waals surface area contributed by atoms with E-state index in [9.17, 15) is 5.11 Å². The van der Waals surface area contributed by atoms with Crippen molar-refractivity contribution in [2.45, 2.75) is 50.8 Å². The summed E-state index contributed by atoms with van der Waals surface area (Å²) < 4.78 is 22.4. The Morgan fingerprint density at radius 3 is 2.65 bits per heavy atom. The van der Waals surface area contributed by atoms with Gasteiger partial charge < -0.3 is 24.1 Å². The van der Waals surface area contributed by atoms with Gasteiger partial charge >= 0.3 is 0 Å². The van der Waals surface area contributed by atoms with Gasteiger partial charge in [-0.3, -0.25) is 0 Å². The van der Waals surface area contributed by atoms with Crippen LogP contribution in [0, 0.1) is 0 Å². The van der Waals surface area contributed by atoms with Gasteiger partial charge in [-0.1, -0.05) is 30.3 Å². The van der Waals surface area contributed by atoms with Crippen molar-refractivity contribution in [1.82, 2.24) is 0 Å². The van der Waals surface area contributed by atoms with E-state index in [0.717, 1.165) is 5.56 Å². The molecule has 1 N–H and O–H groups in total. The third-order valence-electron chi connectivity index (χ3n) is 3.51. The van der Waals surface area contributed by atoms with Crippen LogP contribution >= 0.6 is 0 Å². The van der Waals surface area contributed by atoms with Crippen LogP contribution in [0.2, 0.25) is 0 Å². The Morgan fingerprint density at radius 1 is 1.20 bits per heavy atom. The van der Waals surface area contributed by atoms with E-state index in [4.69, 9.17) is 18.9 Å². The first kappa shape index (κ1) is 14.0. The Bertz CT molecular complexity index is 447. The van der Waals surface area contributed by atoms with Crippen LogP contribution in [0.1, 0.15) is 19.4 Å². The highest BCUT2D eigenvalue weighted by atomic mass is 16.8. The number of ether oxygens (including phenoxy) is 4. The number of aliphatic hydroxyl groups excluding tert-OH is 1. The van der Waals surface area contributed by atoms with Gasteiger partial charge in [0.2, 0.25) is 0 Å². The highest BCUT2D eigenvalue weighted by Crippen LogP contribution is 2.37. The largest absolute Gasteiger partial charge is 0.387 e. The topological polar surface area (TPSA) is 57.2 Å². The van der Waals surface area contributed by atoms with Gasteiger partial charge in [-0.25, -0.2) is 0 Å². The number of aliphatic hydroxyl groups is 1. The number of fused-ring (bicyclic) bond motifs is 1. The molecular weight excluding hydrogens is 260 g/mol. The molecule has 1 unspecified atom stereocenters. The third-order valence-corrected chi connectivity index (χ3v) is 3.51. The van der Waals surface area contributed by atoms with Crippen molar-refractivity contribution < 1.29 is 24.1 Å². The monoisotopic (exact) mass is 280 g/mol. The van der Waals surface area contributed by atoms with Crippen LogP contribution in [0.25, 0.3) is 0 Å². The van der Waals surface area contributed by atoms with Crippen molar-refractivity contribution in [3.8, 4) is 0 Å². The Balaban J connectivity index is 1.49. The number of hydrogen-bond acceptors (Lipinski definition) is 5. The Morgan fingerprint density at radius 2 is 1.95 bits per heavy atom. The van der Waals surface area contributed by atoms with Crippen molar-refractivity contribution in [2.24, 2.45) is 0 Å². The van der Waals surface area contributed by atoms with Gasteiger partial charge in [0.25, 0.3) is 0 Å². The summed E-state index contributed by atoms with van der Waals surface area (Å²) in [6, 6.07) is 9.89. The van der Waals surface area contributed by atoms with Crippen molar-refractivity contribution >= 4 is 0 Å². The Kier molecular flexibility index (Phi) is 3.79. The third kappa shape index (κ3) is 2.87. The predicted molar refractivity (Wildman–Crippen MR) is 70.8 cm³/mol. The van der Waals surface area contributed by atoms with Crippen LogP contribution in [-0.4, -0.2) is 42.1 Å². The molecule has 1 aromatic carbocycles. The second kappa shape index (κ2) is 5.42. The average molecular weight is 280 g/mol. The second-order valence-corrected chi connectivity index (χ2v) is 5.63. The van der Waals surface area contributed by atoms with E-state index in [1.54, 1.807) is 0 Å². The molecule has 20 heavy (non-hydrogen) atoms. The summed E-state index contributed by atoms with van der Waals surface area (Å²) >= 11 is 0. The zero-order chi connectivity index (χ0) is 14.2. The fourth-order valence-corrected chi connectivity index (χ4v) is 2.56. The molecule has 4 atom stereocenters. The maximum atomic E-state index is 10.2. The first-order valence-electron chi connectivity index (χ1n) is 6.86. The lowest BCUT2D eigenvalue weighted by Crippen LogP contribution is -2.36. The summed E-state index contributed by atoms with van der Waals surface area (Å²) in [6.07, 6.45) is -2.08. The molecule has 0 aromatic heterocycles. The molecule has 0 aliphatic carbocycles. The highest BCUT2D eigenvalue weighted by molar-refractivity contribution is 5.13. The van der Waals surface area contributed by atoms with E-state index in [0.29, 0.717) is 13.2 Å². The number of hydrogen-bond donors (Lipinski definition) is 1. The van der Waals surface area contributed by atoms with E-state index < -0.39 is 30.4 Å². The molecule has 0 bridgehead atoms. The van der Waals surface area contributed by atoms with Gasteiger partial charge in [0.15, 0.2) is 12.1 Å². The molecule has 2 saturated heterocycles. The molecule has 0 amide bonds. The molecule has 0 spiro atoms. The lowest BCUT2D eigenvalue weighted by molar-refractivity contribution is -0.220. The van der Waals surface area contributed by atoms with Gasteiger partial charge in [-0.15, -0.1) is 0 Å². The van der Waals surface area contributed by atoms with Crippen LogP contribution in [0.3, 0.4) is 0 Å². The van der Waals surface area contributed by atoms with Crippen LogP contribution in [-0.2, 0) is 25.6 Å². The molecule has 2 aliphatic heterocycles. The second-order valence-electron chi connectivity index (χ2n) is 5.63. The number of benzene rings is 1. The molecule has 5 nitrogen and oxygen atoms in total. The predicted octanol–water partition coefficient (Wildman–Crippen LogP) is 1.44. The molecule has 0 radical (unpaired) electrons. The lowest BCUT2D eigenvalue weighted by atomic mass is 10.1. The van der Waals surface area contributed by atoms with Gasteiger partial charge in [0, 0.05) is 0 Å². The van der Waals surface area contributed by atoms with E-state index in [1.807, 2.05) is 44.2 Å². The normalized spacial score (nSPS) is 35.1. The van der Waals surface area contributed by atoms with E-state index >= 15 is 0 Å². The van der Waals surface area contributed by atoms with Crippen molar-refractivity contribution in [3.63, 3.8) is 0 Å². The summed E-state index contributed by atoms with van der Waals surface area (Å²) in [4.78, 5) is 0. The summed E-state index contributed by atoms with van der Waals surface area (Å²) in [5, 5.41) is 10.2. The first-order valence-corrected chi connectivity index (χ1v) is 6.86. The Hall–Kier alpha value is -0.980. The van der Waals surface area contributed by atoms with Crippen LogP contribution < -0.4 is 0 Å². The number of rotatable bonds is 4. The van der Waals surface area contributed by atoms with Crippen LogP contribution in [0.15, 0.2) is 30.3 Å². The smallest absolute Gasteiger partial charge is 0.190 e. The highest BCUT2D eigenvalue weighted by Gasteiger charge is 2.54. The minimum atomic E-state index is -0.724.